The molecule has 0 amide bonds. The zero-order chi connectivity index (χ0) is 20.4. The first-order chi connectivity index (χ1) is 14.0. The van der Waals surface area contributed by atoms with Crippen LogP contribution in [0.15, 0.2) is 60.7 Å². The maximum atomic E-state index is 13.3. The van der Waals surface area contributed by atoms with Gasteiger partial charge >= 0.3 is 0 Å². The van der Waals surface area contributed by atoms with Crippen molar-refractivity contribution >= 4 is 0 Å². The van der Waals surface area contributed by atoms with Gasteiger partial charge in [-0.15, -0.1) is 0 Å². The first-order valence-corrected chi connectivity index (χ1v) is 9.92. The fraction of sp³-hybridized carbons (Fsp3) is 0.292. The largest absolute Gasteiger partial charge is 0.497 e. The predicted molar refractivity (Wildman–Crippen MR) is 113 cm³/mol. The van der Waals surface area contributed by atoms with Crippen molar-refractivity contribution < 1.29 is 9.13 Å². The predicted octanol–water partition coefficient (Wildman–Crippen LogP) is 4.84. The summed E-state index contributed by atoms with van der Waals surface area (Å²) in [5.74, 6) is 0.969. The number of hydrogen-bond acceptors (Lipinski definition) is 3. The summed E-state index contributed by atoms with van der Waals surface area (Å²) in [6.07, 6.45) is 5.53. The molecule has 1 heterocycles. The molecule has 0 bridgehead atoms. The van der Waals surface area contributed by atoms with Gasteiger partial charge in [-0.3, -0.25) is 0 Å². The molecule has 3 aromatic rings. The van der Waals surface area contributed by atoms with E-state index in [1.165, 1.54) is 23.3 Å². The molecule has 150 valence electrons. The van der Waals surface area contributed by atoms with Crippen LogP contribution < -0.4 is 10.1 Å². The number of hydrogen-bond donors (Lipinski definition) is 1. The first kappa shape index (κ1) is 19.4. The Morgan fingerprint density at radius 2 is 1.79 bits per heavy atom. The minimum absolute atomic E-state index is 0.236. The lowest BCUT2D eigenvalue weighted by Crippen LogP contribution is -2.25. The Labute approximate surface area is 171 Å². The van der Waals surface area contributed by atoms with Crippen LogP contribution in [-0.4, -0.2) is 22.9 Å². The van der Waals surface area contributed by atoms with Gasteiger partial charge in [-0.1, -0.05) is 24.3 Å². The molecule has 0 radical (unpaired) electrons. The molecule has 4 rings (SSSR count). The zero-order valence-corrected chi connectivity index (χ0v) is 17.0. The van der Waals surface area contributed by atoms with Crippen molar-refractivity contribution in [3.8, 4) is 11.4 Å². The van der Waals surface area contributed by atoms with Gasteiger partial charge in [-0.2, -0.15) is 5.10 Å². The van der Waals surface area contributed by atoms with Crippen LogP contribution in [0.2, 0.25) is 0 Å². The smallest absolute Gasteiger partial charge is 0.123 e. The van der Waals surface area contributed by atoms with E-state index in [0.717, 1.165) is 35.8 Å². The normalized spacial score (nSPS) is 18.3. The number of nitrogens with one attached hydrogen (secondary N) is 1. The van der Waals surface area contributed by atoms with E-state index in [4.69, 9.17) is 9.84 Å². The molecule has 29 heavy (non-hydrogen) atoms. The molecular weight excluding hydrogens is 365 g/mol. The highest BCUT2D eigenvalue weighted by Gasteiger charge is 2.26. The lowest BCUT2D eigenvalue weighted by Gasteiger charge is -2.15. The topological polar surface area (TPSA) is 39.1 Å². The quantitative estimate of drug-likeness (QED) is 0.611. The van der Waals surface area contributed by atoms with Crippen LogP contribution in [0.25, 0.3) is 5.69 Å². The van der Waals surface area contributed by atoms with Gasteiger partial charge in [0.25, 0.3) is 0 Å². The fourth-order valence-corrected chi connectivity index (χ4v) is 4.08. The van der Waals surface area contributed by atoms with Gasteiger partial charge in [0.15, 0.2) is 0 Å². The van der Waals surface area contributed by atoms with Crippen molar-refractivity contribution in [2.75, 3.05) is 7.11 Å². The molecule has 2 atom stereocenters. The second kappa shape index (κ2) is 8.21. The van der Waals surface area contributed by atoms with Crippen LogP contribution in [0.3, 0.4) is 0 Å². The van der Waals surface area contributed by atoms with E-state index in [9.17, 15) is 4.39 Å². The third-order valence-electron chi connectivity index (χ3n) is 5.60. The highest BCUT2D eigenvalue weighted by molar-refractivity contribution is 5.41. The summed E-state index contributed by atoms with van der Waals surface area (Å²) < 4.78 is 20.4. The SMILES string of the molecule is COc1ccc(CN[C@@H]2C=C[C@H](c3c(C)nn(-c4ccc(F)cc4)c3C)C2)cc1. The molecule has 1 aliphatic carbocycles. The van der Waals surface area contributed by atoms with Crippen LogP contribution >= 0.6 is 0 Å². The second-order valence-electron chi connectivity index (χ2n) is 7.54. The van der Waals surface area contributed by atoms with Gasteiger partial charge in [-0.05, 0) is 62.2 Å². The van der Waals surface area contributed by atoms with Crippen molar-refractivity contribution in [1.82, 2.24) is 15.1 Å². The van der Waals surface area contributed by atoms with E-state index in [0.29, 0.717) is 12.0 Å². The molecular formula is C24H26FN3O. The zero-order valence-electron chi connectivity index (χ0n) is 17.0. The van der Waals surface area contributed by atoms with E-state index in [-0.39, 0.29) is 5.82 Å². The number of ether oxygens (including phenoxy) is 1. The molecule has 1 aliphatic rings. The van der Waals surface area contributed by atoms with Gasteiger partial charge in [-0.25, -0.2) is 9.07 Å². The maximum Gasteiger partial charge on any atom is 0.123 e. The second-order valence-corrected chi connectivity index (χ2v) is 7.54. The van der Waals surface area contributed by atoms with E-state index >= 15 is 0 Å². The van der Waals surface area contributed by atoms with Crippen LogP contribution in [0, 0.1) is 19.7 Å². The van der Waals surface area contributed by atoms with Crippen molar-refractivity contribution in [2.24, 2.45) is 0 Å². The van der Waals surface area contributed by atoms with Crippen LogP contribution in [0.1, 0.15) is 34.9 Å². The van der Waals surface area contributed by atoms with E-state index in [2.05, 4.69) is 36.5 Å². The van der Waals surface area contributed by atoms with Gasteiger partial charge in [0.2, 0.25) is 0 Å². The lowest BCUT2D eigenvalue weighted by atomic mass is 9.96. The molecule has 1 N–H and O–H groups in total. The Morgan fingerprint density at radius 3 is 2.48 bits per heavy atom. The molecule has 1 aromatic heterocycles. The molecule has 0 spiro atoms. The highest BCUT2D eigenvalue weighted by Crippen LogP contribution is 2.34. The van der Waals surface area contributed by atoms with Crippen LogP contribution in [0.5, 0.6) is 5.75 Å². The summed E-state index contributed by atoms with van der Waals surface area (Å²) in [6.45, 7) is 4.96. The van der Waals surface area contributed by atoms with Gasteiger partial charge in [0.05, 0.1) is 18.5 Å². The minimum Gasteiger partial charge on any atom is -0.497 e. The standard InChI is InChI=1S/C24H26FN3O/c1-16-24(17(2)28(27-16)22-10-7-20(25)8-11-22)19-6-9-21(14-19)26-15-18-4-12-23(29-3)13-5-18/h4-13,19,21,26H,14-15H2,1-3H3/t19-,21+/m0/s1. The highest BCUT2D eigenvalue weighted by atomic mass is 19.1. The number of nitrogens with zero attached hydrogens (tertiary/aromatic N) is 2. The molecule has 0 saturated heterocycles. The summed E-state index contributed by atoms with van der Waals surface area (Å²) in [5.41, 5.74) is 5.52. The number of halogens is 1. The van der Waals surface area contributed by atoms with Crippen LogP contribution in [-0.2, 0) is 6.54 Å². The molecule has 0 aliphatic heterocycles. The van der Waals surface area contributed by atoms with Crippen molar-refractivity contribution in [2.45, 2.75) is 38.8 Å². The summed E-state index contributed by atoms with van der Waals surface area (Å²) in [7, 11) is 1.68. The maximum absolute atomic E-state index is 13.3. The average Bonchev–Trinajstić information content (AvgIpc) is 3.31. The number of methoxy groups -OCH3 is 1. The number of allylic oxidation sites excluding steroid dienone is 1. The Hall–Kier alpha value is -2.92. The van der Waals surface area contributed by atoms with Gasteiger partial charge in [0.1, 0.15) is 11.6 Å². The van der Waals surface area contributed by atoms with Crippen molar-refractivity contribution in [3.05, 3.63) is 89.0 Å². The average molecular weight is 391 g/mol. The summed E-state index contributed by atoms with van der Waals surface area (Å²) in [5, 5.41) is 8.34. The number of aryl methyl sites for hydroxylation is 1. The Balaban J connectivity index is 1.43. The lowest BCUT2D eigenvalue weighted by molar-refractivity contribution is 0.414. The number of aromatic nitrogens is 2. The summed E-state index contributed by atoms with van der Waals surface area (Å²) >= 11 is 0. The summed E-state index contributed by atoms with van der Waals surface area (Å²) in [4.78, 5) is 0. The molecule has 5 heteroatoms. The number of rotatable bonds is 6. The molecule has 0 unspecified atom stereocenters. The van der Waals surface area contributed by atoms with Crippen molar-refractivity contribution in [3.63, 3.8) is 0 Å². The Morgan fingerprint density at radius 1 is 1.07 bits per heavy atom. The molecule has 0 saturated carbocycles. The van der Waals surface area contributed by atoms with E-state index < -0.39 is 0 Å². The Bertz CT molecular complexity index is 1010. The molecule has 2 aromatic carbocycles. The van der Waals surface area contributed by atoms with Gasteiger partial charge in [0, 0.05) is 29.8 Å². The third kappa shape index (κ3) is 4.10. The monoisotopic (exact) mass is 391 g/mol. The summed E-state index contributed by atoms with van der Waals surface area (Å²) in [6, 6.07) is 15.0. The number of benzene rings is 2. The van der Waals surface area contributed by atoms with E-state index in [1.807, 2.05) is 23.7 Å². The van der Waals surface area contributed by atoms with Gasteiger partial charge < -0.3 is 10.1 Å². The molecule has 4 nitrogen and oxygen atoms in total. The molecule has 0 fully saturated rings. The third-order valence-corrected chi connectivity index (χ3v) is 5.60. The Kier molecular flexibility index (Phi) is 5.49. The fourth-order valence-electron chi connectivity index (χ4n) is 4.08. The van der Waals surface area contributed by atoms with E-state index in [1.54, 1.807) is 19.2 Å². The first-order valence-electron chi connectivity index (χ1n) is 9.92. The van der Waals surface area contributed by atoms with Crippen LogP contribution in [0.4, 0.5) is 4.39 Å². The minimum atomic E-state index is -0.236. The van der Waals surface area contributed by atoms with Crippen molar-refractivity contribution in [1.29, 1.82) is 0 Å².